The van der Waals surface area contributed by atoms with Crippen LogP contribution >= 0.6 is 0 Å². The van der Waals surface area contributed by atoms with Crippen LogP contribution in [0.4, 0.5) is 8.78 Å². The van der Waals surface area contributed by atoms with E-state index in [1.807, 2.05) is 24.1 Å². The first-order valence-electron chi connectivity index (χ1n) is 12.9. The molecule has 1 aromatic heterocycles. The first-order chi connectivity index (χ1) is 18.0. The average molecular weight is 506 g/mol. The minimum absolute atomic E-state index is 0.129. The second-order valence-corrected chi connectivity index (χ2v) is 9.89. The third-order valence-electron chi connectivity index (χ3n) is 7.23. The Kier molecular flexibility index (Phi) is 7.93. The Morgan fingerprint density at radius 1 is 1.00 bits per heavy atom. The zero-order valence-electron chi connectivity index (χ0n) is 21.2. The zero-order valence-corrected chi connectivity index (χ0v) is 21.2. The van der Waals surface area contributed by atoms with E-state index in [0.29, 0.717) is 18.5 Å². The number of hydrogen-bond donors (Lipinski definition) is 1. The molecule has 0 saturated carbocycles. The lowest BCUT2D eigenvalue weighted by atomic mass is 9.94. The Balaban J connectivity index is 1.44. The number of aromatic amines is 1. The van der Waals surface area contributed by atoms with Crippen molar-refractivity contribution in [3.8, 4) is 11.1 Å². The molecule has 37 heavy (non-hydrogen) atoms. The molecular weight excluding hydrogens is 472 g/mol. The monoisotopic (exact) mass is 505 g/mol. The molecular formula is C30H33F2N3O2. The summed E-state index contributed by atoms with van der Waals surface area (Å²) in [4.78, 5) is 20.0. The van der Waals surface area contributed by atoms with Gasteiger partial charge in [0.2, 0.25) is 6.43 Å². The largest absolute Gasteiger partial charge is 0.379 e. The summed E-state index contributed by atoms with van der Waals surface area (Å²) in [5.74, 6) is 0. The van der Waals surface area contributed by atoms with Gasteiger partial charge >= 0.3 is 0 Å². The standard InChI is InChI=1S/C30H33F2N3O2/c1-34(12-10-28(31)32)20-25-18-24-8-11-33-30(36)29(24)27-19-23(6-7-26(25)27)22-4-2-21(3-5-22)9-13-35-14-16-37-17-15-35/h2-8,11,18-19,28H,9-10,12-17,20H2,1H3,(H,33,36). The summed E-state index contributed by atoms with van der Waals surface area (Å²) in [5, 5.41) is 3.36. The van der Waals surface area contributed by atoms with Crippen LogP contribution in [-0.2, 0) is 17.7 Å². The van der Waals surface area contributed by atoms with Gasteiger partial charge in [0.05, 0.1) is 18.6 Å². The van der Waals surface area contributed by atoms with E-state index in [9.17, 15) is 13.6 Å². The second-order valence-electron chi connectivity index (χ2n) is 9.89. The molecule has 1 fully saturated rings. The molecule has 1 aliphatic rings. The molecule has 0 spiro atoms. The molecule has 1 saturated heterocycles. The van der Waals surface area contributed by atoms with Crippen LogP contribution < -0.4 is 5.56 Å². The molecule has 194 valence electrons. The van der Waals surface area contributed by atoms with Crippen LogP contribution in [0.1, 0.15) is 17.5 Å². The van der Waals surface area contributed by atoms with Gasteiger partial charge in [-0.15, -0.1) is 0 Å². The Bertz CT molecular complexity index is 1410. The van der Waals surface area contributed by atoms with Gasteiger partial charge in [-0.2, -0.15) is 0 Å². The number of morpholine rings is 1. The van der Waals surface area contributed by atoms with Crippen LogP contribution in [0.15, 0.2) is 65.6 Å². The quantitative estimate of drug-likeness (QED) is 0.313. The molecule has 0 amide bonds. The van der Waals surface area contributed by atoms with Crippen LogP contribution in [0, 0.1) is 0 Å². The maximum absolute atomic E-state index is 12.8. The predicted molar refractivity (Wildman–Crippen MR) is 145 cm³/mol. The Labute approximate surface area is 215 Å². The predicted octanol–water partition coefficient (Wildman–Crippen LogP) is 5.31. The first kappa shape index (κ1) is 25.5. The van der Waals surface area contributed by atoms with Crippen molar-refractivity contribution >= 4 is 21.5 Å². The molecule has 1 N–H and O–H groups in total. The number of nitrogens with one attached hydrogen (secondary N) is 1. The van der Waals surface area contributed by atoms with E-state index in [4.69, 9.17) is 4.74 Å². The Hall–Kier alpha value is -3.13. The number of H-pyrrole nitrogens is 1. The fraction of sp³-hybridized carbons (Fsp3) is 0.367. The summed E-state index contributed by atoms with van der Waals surface area (Å²) < 4.78 is 30.9. The molecule has 3 aromatic carbocycles. The van der Waals surface area contributed by atoms with Gasteiger partial charge in [-0.1, -0.05) is 36.4 Å². The van der Waals surface area contributed by atoms with E-state index in [-0.39, 0.29) is 12.0 Å². The van der Waals surface area contributed by atoms with E-state index in [0.717, 1.165) is 72.1 Å². The van der Waals surface area contributed by atoms with Crippen LogP contribution in [0.5, 0.6) is 0 Å². The molecule has 5 rings (SSSR count). The number of pyridine rings is 1. The number of ether oxygens (including phenoxy) is 1. The molecule has 0 bridgehead atoms. The van der Waals surface area contributed by atoms with Gasteiger partial charge in [-0.05, 0) is 70.1 Å². The van der Waals surface area contributed by atoms with E-state index in [2.05, 4.69) is 52.3 Å². The van der Waals surface area contributed by atoms with Gasteiger partial charge in [-0.25, -0.2) is 8.78 Å². The Morgan fingerprint density at radius 2 is 1.76 bits per heavy atom. The van der Waals surface area contributed by atoms with Crippen molar-refractivity contribution < 1.29 is 13.5 Å². The first-order valence-corrected chi connectivity index (χ1v) is 12.9. The number of fused-ring (bicyclic) bond motifs is 3. The summed E-state index contributed by atoms with van der Waals surface area (Å²) >= 11 is 0. The highest BCUT2D eigenvalue weighted by Crippen LogP contribution is 2.32. The zero-order chi connectivity index (χ0) is 25.8. The minimum Gasteiger partial charge on any atom is -0.379 e. The summed E-state index contributed by atoms with van der Waals surface area (Å²) in [6.07, 6.45) is 0.178. The van der Waals surface area contributed by atoms with Crippen molar-refractivity contribution in [2.75, 3.05) is 46.4 Å². The van der Waals surface area contributed by atoms with Crippen molar-refractivity contribution in [2.45, 2.75) is 25.8 Å². The summed E-state index contributed by atoms with van der Waals surface area (Å²) in [6.45, 7) is 5.48. The lowest BCUT2D eigenvalue weighted by Crippen LogP contribution is -2.37. The van der Waals surface area contributed by atoms with Crippen LogP contribution in [0.25, 0.3) is 32.7 Å². The number of alkyl halides is 2. The minimum atomic E-state index is -2.32. The molecule has 0 radical (unpaired) electrons. The summed E-state index contributed by atoms with van der Waals surface area (Å²) in [7, 11) is 1.85. The number of nitrogens with zero attached hydrogens (tertiary/aromatic N) is 2. The van der Waals surface area contributed by atoms with Gasteiger partial charge in [0.25, 0.3) is 5.56 Å². The topological polar surface area (TPSA) is 48.6 Å². The normalized spacial score (nSPS) is 14.8. The highest BCUT2D eigenvalue weighted by molar-refractivity contribution is 6.09. The number of rotatable bonds is 9. The molecule has 0 aliphatic carbocycles. The summed E-state index contributed by atoms with van der Waals surface area (Å²) in [6, 6.07) is 18.8. The Morgan fingerprint density at radius 3 is 2.51 bits per heavy atom. The van der Waals surface area contributed by atoms with Gasteiger partial charge in [0, 0.05) is 45.3 Å². The van der Waals surface area contributed by atoms with Crippen molar-refractivity contribution in [3.05, 3.63) is 82.3 Å². The van der Waals surface area contributed by atoms with E-state index >= 15 is 0 Å². The van der Waals surface area contributed by atoms with E-state index in [1.165, 1.54) is 5.56 Å². The fourth-order valence-corrected chi connectivity index (χ4v) is 5.16. The summed E-state index contributed by atoms with van der Waals surface area (Å²) in [5.41, 5.74) is 4.33. The highest BCUT2D eigenvalue weighted by atomic mass is 19.3. The molecule has 5 nitrogen and oxygen atoms in total. The molecule has 1 aliphatic heterocycles. The number of halogens is 2. The van der Waals surface area contributed by atoms with E-state index < -0.39 is 6.43 Å². The van der Waals surface area contributed by atoms with Crippen LogP contribution in [0.3, 0.4) is 0 Å². The molecule has 0 atom stereocenters. The smallest absolute Gasteiger partial charge is 0.256 e. The van der Waals surface area contributed by atoms with Crippen molar-refractivity contribution in [2.24, 2.45) is 0 Å². The maximum Gasteiger partial charge on any atom is 0.256 e. The van der Waals surface area contributed by atoms with Gasteiger partial charge in [-0.3, -0.25) is 9.69 Å². The lowest BCUT2D eigenvalue weighted by molar-refractivity contribution is 0.0384. The number of benzene rings is 3. The van der Waals surface area contributed by atoms with Crippen LogP contribution in [-0.4, -0.2) is 67.6 Å². The van der Waals surface area contributed by atoms with Crippen molar-refractivity contribution in [1.82, 2.24) is 14.8 Å². The average Bonchev–Trinajstić information content (AvgIpc) is 2.91. The fourth-order valence-electron chi connectivity index (χ4n) is 5.16. The third-order valence-corrected chi connectivity index (χ3v) is 7.23. The highest BCUT2D eigenvalue weighted by Gasteiger charge is 2.14. The van der Waals surface area contributed by atoms with Gasteiger partial charge in [0.1, 0.15) is 0 Å². The van der Waals surface area contributed by atoms with Crippen molar-refractivity contribution in [3.63, 3.8) is 0 Å². The maximum atomic E-state index is 12.8. The molecule has 7 heteroatoms. The van der Waals surface area contributed by atoms with Crippen molar-refractivity contribution in [1.29, 1.82) is 0 Å². The van der Waals surface area contributed by atoms with Gasteiger partial charge < -0.3 is 14.6 Å². The van der Waals surface area contributed by atoms with Gasteiger partial charge in [0.15, 0.2) is 0 Å². The number of aromatic nitrogens is 1. The van der Waals surface area contributed by atoms with Crippen LogP contribution in [0.2, 0.25) is 0 Å². The molecule has 2 heterocycles. The molecule has 0 unspecified atom stereocenters. The van der Waals surface area contributed by atoms with E-state index in [1.54, 1.807) is 6.20 Å². The SMILES string of the molecule is CN(CCC(F)F)Cc1cc2cc[nH]c(=O)c2c2cc(-c3ccc(CCN4CCOCC4)cc3)ccc12. The lowest BCUT2D eigenvalue weighted by Gasteiger charge is -2.26. The third kappa shape index (κ3) is 6.06. The molecule has 4 aromatic rings. The number of hydrogen-bond acceptors (Lipinski definition) is 4. The second kappa shape index (κ2) is 11.5.